The maximum Gasteiger partial charge on any atom is 0.335 e. The highest BCUT2D eigenvalue weighted by atomic mass is 16.4. The summed E-state index contributed by atoms with van der Waals surface area (Å²) in [6.07, 6.45) is 7.93. The Morgan fingerprint density at radius 2 is 1.06 bits per heavy atom. The number of aromatic carboxylic acids is 2. The maximum atomic E-state index is 10.2. The first kappa shape index (κ1) is 30.3. The van der Waals surface area contributed by atoms with Crippen molar-refractivity contribution in [2.45, 2.75) is 58.8 Å². The van der Waals surface area contributed by atoms with Crippen LogP contribution in [0.5, 0.6) is 0 Å². The number of hydrogen-bond donors (Lipinski definition) is 4. The highest BCUT2D eigenvalue weighted by Gasteiger charge is 2.19. The quantitative estimate of drug-likeness (QED) is 0.321. The van der Waals surface area contributed by atoms with E-state index in [1.807, 2.05) is 0 Å². The molecule has 0 saturated carbocycles. The molecule has 4 N–H and O–H groups in total. The summed E-state index contributed by atoms with van der Waals surface area (Å²) in [5, 5.41) is 35.2. The van der Waals surface area contributed by atoms with Gasteiger partial charge in [0.1, 0.15) is 0 Å². The molecule has 2 atom stereocenters. The van der Waals surface area contributed by atoms with Crippen molar-refractivity contribution >= 4 is 11.9 Å². The van der Waals surface area contributed by atoms with Gasteiger partial charge in [-0.25, -0.2) is 9.59 Å². The van der Waals surface area contributed by atoms with Crippen molar-refractivity contribution in [3.8, 4) is 0 Å². The minimum absolute atomic E-state index is 0.261. The van der Waals surface area contributed by atoms with Crippen LogP contribution in [-0.2, 0) is 0 Å². The number of carboxylic acid groups (broad SMARTS) is 2. The summed E-state index contributed by atoms with van der Waals surface area (Å²) < 4.78 is 0. The van der Waals surface area contributed by atoms with Crippen molar-refractivity contribution in [3.63, 3.8) is 0 Å². The van der Waals surface area contributed by atoms with Gasteiger partial charge in [0.15, 0.2) is 0 Å². The van der Waals surface area contributed by atoms with Gasteiger partial charge in [0.25, 0.3) is 0 Å². The van der Waals surface area contributed by atoms with Gasteiger partial charge in [-0.2, -0.15) is 0 Å². The first-order valence-corrected chi connectivity index (χ1v) is 11.7. The first-order valence-electron chi connectivity index (χ1n) is 11.7. The molecule has 0 heterocycles. The van der Waals surface area contributed by atoms with E-state index < -0.39 is 11.9 Å². The molecule has 0 aliphatic carbocycles. The molecule has 2 unspecified atom stereocenters. The largest absolute Gasteiger partial charge is 0.478 e. The molecule has 33 heavy (non-hydrogen) atoms. The Labute approximate surface area is 197 Å². The van der Waals surface area contributed by atoms with Crippen molar-refractivity contribution in [1.82, 2.24) is 0 Å². The Kier molecular flexibility index (Phi) is 18.3. The molecule has 0 spiro atoms. The standard InChI is InChI=1S/C13H28O2.2C7H6O2/c1-3-5-7-12(9-10-14)13(11-15)8-6-4-2;2*8-7(9)6-4-2-1-3-5-6/h12-15H,3-11H2,1-2H3;2*1-5H,(H,8,9). The van der Waals surface area contributed by atoms with Crippen molar-refractivity contribution in [3.05, 3.63) is 71.8 Å². The number of benzene rings is 2. The van der Waals surface area contributed by atoms with E-state index in [1.54, 1.807) is 60.7 Å². The lowest BCUT2D eigenvalue weighted by Gasteiger charge is -2.25. The van der Waals surface area contributed by atoms with E-state index in [-0.39, 0.29) is 13.2 Å². The molecular weight excluding hydrogens is 420 g/mol. The Morgan fingerprint density at radius 3 is 1.33 bits per heavy atom. The predicted octanol–water partition coefficient (Wildman–Crippen LogP) is 5.74. The Morgan fingerprint density at radius 1 is 0.667 bits per heavy atom. The van der Waals surface area contributed by atoms with Gasteiger partial charge in [0, 0.05) is 13.2 Å². The number of rotatable bonds is 12. The van der Waals surface area contributed by atoms with Crippen molar-refractivity contribution in [2.24, 2.45) is 11.8 Å². The number of aliphatic hydroxyl groups is 2. The maximum absolute atomic E-state index is 10.2. The average molecular weight is 461 g/mol. The molecule has 184 valence electrons. The van der Waals surface area contributed by atoms with Crippen LogP contribution in [0, 0.1) is 11.8 Å². The fourth-order valence-electron chi connectivity index (χ4n) is 3.35. The molecule has 0 aliphatic heterocycles. The zero-order valence-corrected chi connectivity index (χ0v) is 19.9. The summed E-state index contributed by atoms with van der Waals surface area (Å²) in [5.41, 5.74) is 0.662. The van der Waals surface area contributed by atoms with Gasteiger partial charge in [0.05, 0.1) is 11.1 Å². The van der Waals surface area contributed by atoms with E-state index in [0.29, 0.717) is 23.0 Å². The summed E-state index contributed by atoms with van der Waals surface area (Å²) >= 11 is 0. The zero-order valence-electron chi connectivity index (χ0n) is 19.9. The van der Waals surface area contributed by atoms with Crippen molar-refractivity contribution < 1.29 is 30.0 Å². The first-order chi connectivity index (χ1) is 15.9. The topological polar surface area (TPSA) is 115 Å². The second-order valence-electron chi connectivity index (χ2n) is 7.84. The van der Waals surface area contributed by atoms with Crippen LogP contribution in [-0.4, -0.2) is 45.6 Å². The SMILES string of the molecule is CCCCC(CO)C(CCO)CCCC.O=C(O)c1ccccc1.O=C(O)c1ccccc1. The van der Waals surface area contributed by atoms with Crippen LogP contribution < -0.4 is 0 Å². The molecule has 6 nitrogen and oxygen atoms in total. The highest BCUT2D eigenvalue weighted by molar-refractivity contribution is 5.87. The third kappa shape index (κ3) is 14.9. The van der Waals surface area contributed by atoms with Gasteiger partial charge in [-0.1, -0.05) is 82.3 Å². The number of unbranched alkanes of at least 4 members (excludes halogenated alkanes) is 2. The van der Waals surface area contributed by atoms with Crippen molar-refractivity contribution in [2.75, 3.05) is 13.2 Å². The number of carboxylic acids is 2. The fourth-order valence-corrected chi connectivity index (χ4v) is 3.35. The minimum atomic E-state index is -0.879. The van der Waals surface area contributed by atoms with E-state index in [0.717, 1.165) is 19.3 Å². The van der Waals surface area contributed by atoms with Crippen LogP contribution in [0.3, 0.4) is 0 Å². The van der Waals surface area contributed by atoms with Crippen LogP contribution in [0.2, 0.25) is 0 Å². The average Bonchev–Trinajstić information content (AvgIpc) is 2.84. The van der Waals surface area contributed by atoms with E-state index >= 15 is 0 Å². The van der Waals surface area contributed by atoms with Gasteiger partial charge in [-0.3, -0.25) is 0 Å². The van der Waals surface area contributed by atoms with E-state index in [4.69, 9.17) is 15.3 Å². The van der Waals surface area contributed by atoms with Crippen LogP contribution in [0.1, 0.15) is 79.5 Å². The summed E-state index contributed by atoms with van der Waals surface area (Å²) in [5.74, 6) is -0.832. The monoisotopic (exact) mass is 460 g/mol. The van der Waals surface area contributed by atoms with Crippen LogP contribution in [0.4, 0.5) is 0 Å². The second kappa shape index (κ2) is 19.9. The fraction of sp³-hybridized carbons (Fsp3) is 0.481. The van der Waals surface area contributed by atoms with Gasteiger partial charge in [0.2, 0.25) is 0 Å². The third-order valence-electron chi connectivity index (χ3n) is 5.30. The molecule has 0 saturated heterocycles. The molecule has 0 fully saturated rings. The Bertz CT molecular complexity index is 683. The summed E-state index contributed by atoms with van der Waals surface area (Å²) in [6, 6.07) is 16.6. The molecule has 6 heteroatoms. The van der Waals surface area contributed by atoms with E-state index in [2.05, 4.69) is 13.8 Å². The number of hydrogen-bond acceptors (Lipinski definition) is 4. The Hall–Kier alpha value is -2.70. The predicted molar refractivity (Wildman–Crippen MR) is 132 cm³/mol. The summed E-state index contributed by atoms with van der Waals surface area (Å²) in [4.78, 5) is 20.4. The molecule has 0 aromatic heterocycles. The minimum Gasteiger partial charge on any atom is -0.478 e. The molecule has 0 radical (unpaired) electrons. The number of aliphatic hydroxyl groups excluding tert-OH is 2. The van der Waals surface area contributed by atoms with Crippen molar-refractivity contribution in [1.29, 1.82) is 0 Å². The highest BCUT2D eigenvalue weighted by Crippen LogP contribution is 2.26. The van der Waals surface area contributed by atoms with Gasteiger partial charge in [-0.05, 0) is 48.9 Å². The molecular formula is C27H40O6. The van der Waals surface area contributed by atoms with Gasteiger partial charge in [-0.15, -0.1) is 0 Å². The molecule has 0 amide bonds. The zero-order chi connectivity index (χ0) is 24.9. The summed E-state index contributed by atoms with van der Waals surface area (Å²) in [6.45, 7) is 4.92. The Balaban J connectivity index is 0.000000489. The number of carbonyl (C=O) groups is 2. The van der Waals surface area contributed by atoms with Crippen LogP contribution in [0.25, 0.3) is 0 Å². The normalized spacial score (nSPS) is 11.8. The second-order valence-corrected chi connectivity index (χ2v) is 7.84. The molecule has 2 aromatic rings. The third-order valence-corrected chi connectivity index (χ3v) is 5.30. The molecule has 0 aliphatic rings. The molecule has 0 bridgehead atoms. The van der Waals surface area contributed by atoms with E-state index in [9.17, 15) is 14.7 Å². The molecule has 2 aromatic carbocycles. The smallest absolute Gasteiger partial charge is 0.335 e. The molecule has 2 rings (SSSR count). The lowest BCUT2D eigenvalue weighted by atomic mass is 9.83. The van der Waals surface area contributed by atoms with Gasteiger partial charge < -0.3 is 20.4 Å². The van der Waals surface area contributed by atoms with Gasteiger partial charge >= 0.3 is 11.9 Å². The summed E-state index contributed by atoms with van der Waals surface area (Å²) in [7, 11) is 0. The van der Waals surface area contributed by atoms with Crippen LogP contribution >= 0.6 is 0 Å². The van der Waals surface area contributed by atoms with Crippen LogP contribution in [0.15, 0.2) is 60.7 Å². The van der Waals surface area contributed by atoms with E-state index in [1.165, 1.54) is 25.7 Å². The lowest BCUT2D eigenvalue weighted by molar-refractivity contribution is 0.0686. The lowest BCUT2D eigenvalue weighted by Crippen LogP contribution is -2.20.